The molecule has 26 heavy (non-hydrogen) atoms. The molecule has 2 amide bonds. The molecule has 0 spiro atoms. The Bertz CT molecular complexity index is 898. The van der Waals surface area contributed by atoms with Crippen LogP contribution in [0, 0.1) is 5.82 Å². The second kappa shape index (κ2) is 7.99. The Morgan fingerprint density at radius 3 is 2.50 bits per heavy atom. The van der Waals surface area contributed by atoms with E-state index in [1.807, 2.05) is 0 Å². The van der Waals surface area contributed by atoms with E-state index < -0.39 is 11.7 Å². The Labute approximate surface area is 164 Å². The van der Waals surface area contributed by atoms with Gasteiger partial charge in [0.1, 0.15) is 16.7 Å². The fraction of sp³-hybridized carbons (Fsp3) is 0.0556. The predicted octanol–water partition coefficient (Wildman–Crippen LogP) is 4.32. The van der Waals surface area contributed by atoms with Crippen LogP contribution in [0.4, 0.5) is 10.1 Å². The smallest absolute Gasteiger partial charge is 0.266 e. The molecule has 0 aliphatic carbocycles. The number of amides is 2. The predicted molar refractivity (Wildman–Crippen MR) is 106 cm³/mol. The minimum Gasteiger partial charge on any atom is -0.325 e. The van der Waals surface area contributed by atoms with E-state index in [0.29, 0.717) is 19.9 Å². The molecule has 0 atom stereocenters. The second-order valence-electron chi connectivity index (χ2n) is 5.37. The summed E-state index contributed by atoms with van der Waals surface area (Å²) in [4.78, 5) is 26.3. The third-order valence-corrected chi connectivity index (χ3v) is 5.10. The number of hydrogen-bond acceptors (Lipinski definition) is 4. The molecule has 0 saturated carbocycles. The molecule has 0 aromatic heterocycles. The molecule has 1 saturated heterocycles. The quantitative estimate of drug-likeness (QED) is 0.607. The Hall–Kier alpha value is -2.22. The Balaban J connectivity index is 1.67. The van der Waals surface area contributed by atoms with E-state index >= 15 is 0 Å². The number of nitrogens with zero attached hydrogens (tertiary/aromatic N) is 1. The maximum atomic E-state index is 12.9. The Morgan fingerprint density at radius 1 is 1.19 bits per heavy atom. The van der Waals surface area contributed by atoms with Crippen molar-refractivity contribution in [3.63, 3.8) is 0 Å². The Kier molecular flexibility index (Phi) is 5.70. The number of carbonyl (C=O) groups excluding carboxylic acids is 2. The summed E-state index contributed by atoms with van der Waals surface area (Å²) in [5, 5.41) is 3.21. The molecule has 0 unspecified atom stereocenters. The summed E-state index contributed by atoms with van der Waals surface area (Å²) in [6.07, 6.45) is 1.70. The summed E-state index contributed by atoms with van der Waals surface area (Å²) in [5.74, 6) is -1.14. The monoisotopic (exact) mass is 406 g/mol. The molecule has 8 heteroatoms. The zero-order chi connectivity index (χ0) is 18.7. The maximum absolute atomic E-state index is 12.9. The molecular weight excluding hydrogens is 395 g/mol. The van der Waals surface area contributed by atoms with Crippen LogP contribution in [0.15, 0.2) is 53.4 Å². The van der Waals surface area contributed by atoms with Crippen molar-refractivity contribution in [1.29, 1.82) is 0 Å². The van der Waals surface area contributed by atoms with E-state index in [4.69, 9.17) is 23.8 Å². The van der Waals surface area contributed by atoms with Crippen molar-refractivity contribution in [3.05, 3.63) is 69.8 Å². The lowest BCUT2D eigenvalue weighted by atomic mass is 10.2. The third-order valence-electron chi connectivity index (χ3n) is 3.47. The van der Waals surface area contributed by atoms with Gasteiger partial charge in [0.15, 0.2) is 0 Å². The highest BCUT2D eigenvalue weighted by Crippen LogP contribution is 2.32. The normalized spacial score (nSPS) is 15.6. The zero-order valence-electron chi connectivity index (χ0n) is 13.2. The van der Waals surface area contributed by atoms with E-state index in [1.165, 1.54) is 29.2 Å². The molecule has 132 valence electrons. The van der Waals surface area contributed by atoms with Crippen molar-refractivity contribution >= 4 is 63.5 Å². The van der Waals surface area contributed by atoms with Crippen molar-refractivity contribution in [3.8, 4) is 0 Å². The summed E-state index contributed by atoms with van der Waals surface area (Å²) in [6, 6.07) is 12.4. The zero-order valence-corrected chi connectivity index (χ0v) is 15.6. The number of hydrogen-bond donors (Lipinski definition) is 1. The number of benzene rings is 2. The largest absolute Gasteiger partial charge is 0.325 e. The number of nitrogens with one attached hydrogen (secondary N) is 1. The van der Waals surface area contributed by atoms with Gasteiger partial charge in [-0.1, -0.05) is 47.7 Å². The summed E-state index contributed by atoms with van der Waals surface area (Å²) in [5.41, 5.74) is 1.25. The molecule has 0 radical (unpaired) electrons. The first kappa shape index (κ1) is 18.6. The van der Waals surface area contributed by atoms with Crippen molar-refractivity contribution in [2.45, 2.75) is 0 Å². The molecule has 1 heterocycles. The lowest BCUT2D eigenvalue weighted by Gasteiger charge is -2.14. The molecule has 1 fully saturated rings. The number of thioether (sulfide) groups is 1. The minimum absolute atomic E-state index is 0.208. The highest BCUT2D eigenvalue weighted by atomic mass is 35.5. The average molecular weight is 407 g/mol. The van der Waals surface area contributed by atoms with Crippen LogP contribution in [-0.4, -0.2) is 27.6 Å². The van der Waals surface area contributed by atoms with Crippen LogP contribution < -0.4 is 5.32 Å². The van der Waals surface area contributed by atoms with Gasteiger partial charge >= 0.3 is 0 Å². The fourth-order valence-corrected chi connectivity index (χ4v) is 3.61. The first-order valence-electron chi connectivity index (χ1n) is 7.49. The number of anilines is 1. The van der Waals surface area contributed by atoms with Crippen LogP contribution in [0.5, 0.6) is 0 Å². The van der Waals surface area contributed by atoms with Gasteiger partial charge in [-0.3, -0.25) is 14.5 Å². The number of rotatable bonds is 4. The average Bonchev–Trinajstić information content (AvgIpc) is 2.86. The van der Waals surface area contributed by atoms with Crippen LogP contribution in [0.1, 0.15) is 5.56 Å². The number of carbonyl (C=O) groups is 2. The van der Waals surface area contributed by atoms with Crippen LogP contribution >= 0.6 is 35.6 Å². The summed E-state index contributed by atoms with van der Waals surface area (Å²) < 4.78 is 13.2. The van der Waals surface area contributed by atoms with Crippen molar-refractivity contribution < 1.29 is 14.0 Å². The van der Waals surface area contributed by atoms with Crippen LogP contribution in [0.25, 0.3) is 6.08 Å². The van der Waals surface area contributed by atoms with Gasteiger partial charge in [0.05, 0.1) is 4.91 Å². The van der Waals surface area contributed by atoms with Crippen LogP contribution in [-0.2, 0) is 9.59 Å². The van der Waals surface area contributed by atoms with Gasteiger partial charge in [-0.15, -0.1) is 0 Å². The molecule has 2 aromatic rings. The van der Waals surface area contributed by atoms with Crippen LogP contribution in [0.2, 0.25) is 5.02 Å². The SMILES string of the molecule is O=C(CN1C(=O)/C(=C/c2ccc(Cl)cc2)SC1=S)Nc1ccc(F)cc1. The van der Waals surface area contributed by atoms with Crippen LogP contribution in [0.3, 0.4) is 0 Å². The summed E-state index contributed by atoms with van der Waals surface area (Å²) in [7, 11) is 0. The van der Waals surface area contributed by atoms with Crippen molar-refractivity contribution in [2.24, 2.45) is 0 Å². The van der Waals surface area contributed by atoms with Gasteiger partial charge in [-0.25, -0.2) is 4.39 Å². The second-order valence-corrected chi connectivity index (χ2v) is 7.49. The lowest BCUT2D eigenvalue weighted by Crippen LogP contribution is -2.36. The molecular formula is C18H12ClFN2O2S2. The highest BCUT2D eigenvalue weighted by Gasteiger charge is 2.33. The minimum atomic E-state index is -0.416. The van der Waals surface area contributed by atoms with Gasteiger partial charge in [0, 0.05) is 10.7 Å². The van der Waals surface area contributed by atoms with E-state index in [1.54, 1.807) is 30.3 Å². The first-order valence-corrected chi connectivity index (χ1v) is 9.09. The lowest BCUT2D eigenvalue weighted by molar-refractivity contribution is -0.126. The maximum Gasteiger partial charge on any atom is 0.266 e. The van der Waals surface area contributed by atoms with Crippen molar-refractivity contribution in [1.82, 2.24) is 4.90 Å². The van der Waals surface area contributed by atoms with Gasteiger partial charge in [0.25, 0.3) is 5.91 Å². The molecule has 2 aromatic carbocycles. The molecule has 4 nitrogen and oxygen atoms in total. The molecule has 1 N–H and O–H groups in total. The van der Waals surface area contributed by atoms with Gasteiger partial charge < -0.3 is 5.32 Å². The molecule has 1 aliphatic heterocycles. The summed E-state index contributed by atoms with van der Waals surface area (Å²) >= 11 is 12.2. The van der Waals surface area contributed by atoms with E-state index in [2.05, 4.69) is 5.32 Å². The summed E-state index contributed by atoms with van der Waals surface area (Å²) in [6.45, 7) is -0.208. The van der Waals surface area contributed by atoms with Gasteiger partial charge in [-0.2, -0.15) is 0 Å². The van der Waals surface area contributed by atoms with E-state index in [-0.39, 0.29) is 12.5 Å². The Morgan fingerprint density at radius 2 is 1.85 bits per heavy atom. The standard InChI is InChI=1S/C18H12ClFN2O2S2/c19-12-3-1-11(2-4-12)9-15-17(24)22(18(25)26-15)10-16(23)21-14-7-5-13(20)6-8-14/h1-9H,10H2,(H,21,23)/b15-9-. The number of halogens is 2. The van der Waals surface area contributed by atoms with Gasteiger partial charge in [-0.05, 0) is 48.0 Å². The molecule has 0 bridgehead atoms. The fourth-order valence-electron chi connectivity index (χ4n) is 2.22. The molecule has 3 rings (SSSR count). The van der Waals surface area contributed by atoms with E-state index in [9.17, 15) is 14.0 Å². The van der Waals surface area contributed by atoms with Crippen molar-refractivity contribution in [2.75, 3.05) is 11.9 Å². The topological polar surface area (TPSA) is 49.4 Å². The van der Waals surface area contributed by atoms with E-state index in [0.717, 1.165) is 17.3 Å². The molecule has 1 aliphatic rings. The number of thiocarbonyl (C=S) groups is 1. The third kappa shape index (κ3) is 4.49. The highest BCUT2D eigenvalue weighted by molar-refractivity contribution is 8.26. The first-order chi connectivity index (χ1) is 12.4. The van der Waals surface area contributed by atoms with Gasteiger partial charge in [0.2, 0.25) is 5.91 Å².